The van der Waals surface area contributed by atoms with E-state index in [1.54, 1.807) is 0 Å². The number of aromatic nitrogens is 3. The second kappa shape index (κ2) is 7.08. The lowest BCUT2D eigenvalue weighted by Gasteiger charge is -2.25. The average molecular weight is 269 g/mol. The van der Waals surface area contributed by atoms with Crippen LogP contribution in [0.15, 0.2) is 0 Å². The van der Waals surface area contributed by atoms with Gasteiger partial charge in [0.15, 0.2) is 0 Å². The van der Waals surface area contributed by atoms with Crippen LogP contribution in [0.25, 0.3) is 0 Å². The fourth-order valence-corrected chi connectivity index (χ4v) is 1.46. The zero-order valence-corrected chi connectivity index (χ0v) is 12.0. The summed E-state index contributed by atoms with van der Waals surface area (Å²) in [6.07, 6.45) is 1.57. The number of rotatable bonds is 8. The highest BCUT2D eigenvalue weighted by Crippen LogP contribution is 2.17. The molecule has 0 saturated carbocycles. The molecule has 1 aromatic heterocycles. The second-order valence-electron chi connectivity index (χ2n) is 4.88. The summed E-state index contributed by atoms with van der Waals surface area (Å²) >= 11 is 0. The molecule has 7 heteroatoms. The van der Waals surface area contributed by atoms with Crippen LogP contribution in [-0.2, 0) is 0 Å². The first-order valence-electron chi connectivity index (χ1n) is 6.43. The van der Waals surface area contributed by atoms with E-state index in [0.717, 1.165) is 13.0 Å². The Hall–Kier alpha value is -1.63. The van der Waals surface area contributed by atoms with Crippen molar-refractivity contribution in [2.45, 2.75) is 39.2 Å². The number of nitrogens with zero attached hydrogens (tertiary/aromatic N) is 3. The van der Waals surface area contributed by atoms with E-state index < -0.39 is 0 Å². The Kier molecular flexibility index (Phi) is 5.75. The van der Waals surface area contributed by atoms with E-state index in [2.05, 4.69) is 32.5 Å². The van der Waals surface area contributed by atoms with E-state index >= 15 is 0 Å². The highest BCUT2D eigenvalue weighted by molar-refractivity contribution is 5.37. The van der Waals surface area contributed by atoms with Crippen molar-refractivity contribution in [3.05, 3.63) is 0 Å². The third-order valence-corrected chi connectivity index (χ3v) is 2.52. The predicted molar refractivity (Wildman–Crippen MR) is 74.6 cm³/mol. The minimum absolute atomic E-state index is 0.100. The zero-order valence-electron chi connectivity index (χ0n) is 12.0. The summed E-state index contributed by atoms with van der Waals surface area (Å²) in [5.41, 5.74) is -0.302. The molecular formula is C12H23N5O2. The van der Waals surface area contributed by atoms with Crippen molar-refractivity contribution in [1.29, 1.82) is 0 Å². The van der Waals surface area contributed by atoms with Crippen LogP contribution in [0.1, 0.15) is 33.6 Å². The Labute approximate surface area is 113 Å². The normalized spacial score (nSPS) is 11.2. The van der Waals surface area contributed by atoms with Gasteiger partial charge in [-0.25, -0.2) is 0 Å². The summed E-state index contributed by atoms with van der Waals surface area (Å²) < 4.78 is 5.06. The quantitative estimate of drug-likeness (QED) is 0.654. The lowest BCUT2D eigenvalue weighted by atomic mass is 10.0. The van der Waals surface area contributed by atoms with Crippen molar-refractivity contribution in [2.75, 3.05) is 30.9 Å². The molecule has 3 N–H and O–H groups in total. The number of aliphatic hydroxyl groups excluding tert-OH is 1. The first kappa shape index (κ1) is 15.4. The molecule has 0 aliphatic heterocycles. The summed E-state index contributed by atoms with van der Waals surface area (Å²) in [5.74, 6) is 0.917. The summed E-state index contributed by atoms with van der Waals surface area (Å²) in [4.78, 5) is 12.6. The van der Waals surface area contributed by atoms with Gasteiger partial charge in [0.25, 0.3) is 0 Å². The van der Waals surface area contributed by atoms with Crippen LogP contribution in [0.2, 0.25) is 0 Å². The SMILES string of the molecule is CCCNc1nc(NC(C)(C)CCO)nc(OC)n1. The molecule has 0 aromatic carbocycles. The molecule has 0 atom stereocenters. The predicted octanol–water partition coefficient (Wildman–Crippen LogP) is 1.27. The summed E-state index contributed by atoms with van der Waals surface area (Å²) in [7, 11) is 1.52. The maximum Gasteiger partial charge on any atom is 0.322 e. The highest BCUT2D eigenvalue weighted by Gasteiger charge is 2.19. The fraction of sp³-hybridized carbons (Fsp3) is 0.750. The number of ether oxygens (including phenoxy) is 1. The van der Waals surface area contributed by atoms with Gasteiger partial charge in [-0.05, 0) is 26.7 Å². The Bertz CT molecular complexity index is 398. The van der Waals surface area contributed by atoms with E-state index in [-0.39, 0.29) is 18.2 Å². The van der Waals surface area contributed by atoms with Crippen LogP contribution in [0.5, 0.6) is 6.01 Å². The first-order chi connectivity index (χ1) is 9.00. The smallest absolute Gasteiger partial charge is 0.322 e. The van der Waals surface area contributed by atoms with Crippen LogP contribution in [-0.4, -0.2) is 45.9 Å². The number of aliphatic hydroxyl groups is 1. The molecule has 108 valence electrons. The molecule has 0 amide bonds. The molecule has 0 radical (unpaired) electrons. The molecule has 7 nitrogen and oxygen atoms in total. The lowest BCUT2D eigenvalue weighted by Crippen LogP contribution is -2.33. The van der Waals surface area contributed by atoms with Crippen LogP contribution in [0.4, 0.5) is 11.9 Å². The largest absolute Gasteiger partial charge is 0.467 e. The minimum Gasteiger partial charge on any atom is -0.467 e. The van der Waals surface area contributed by atoms with E-state index in [4.69, 9.17) is 9.84 Å². The number of methoxy groups -OCH3 is 1. The Balaban J connectivity index is 2.87. The molecule has 0 fully saturated rings. The van der Waals surface area contributed by atoms with Gasteiger partial charge in [-0.15, -0.1) is 0 Å². The van der Waals surface area contributed by atoms with Gasteiger partial charge in [0, 0.05) is 18.7 Å². The molecule has 0 aliphatic rings. The van der Waals surface area contributed by atoms with Gasteiger partial charge in [0.2, 0.25) is 11.9 Å². The molecular weight excluding hydrogens is 246 g/mol. The van der Waals surface area contributed by atoms with E-state index in [0.29, 0.717) is 18.3 Å². The molecule has 0 saturated heterocycles. The van der Waals surface area contributed by atoms with Crippen LogP contribution >= 0.6 is 0 Å². The lowest BCUT2D eigenvalue weighted by molar-refractivity contribution is 0.260. The van der Waals surface area contributed by atoms with Crippen LogP contribution in [0, 0.1) is 0 Å². The van der Waals surface area contributed by atoms with Crippen molar-refractivity contribution in [3.8, 4) is 6.01 Å². The van der Waals surface area contributed by atoms with Gasteiger partial charge < -0.3 is 20.5 Å². The molecule has 19 heavy (non-hydrogen) atoms. The molecule has 1 aromatic rings. The van der Waals surface area contributed by atoms with Crippen molar-refractivity contribution < 1.29 is 9.84 Å². The second-order valence-corrected chi connectivity index (χ2v) is 4.88. The number of hydrogen-bond acceptors (Lipinski definition) is 7. The average Bonchev–Trinajstić information content (AvgIpc) is 2.35. The van der Waals surface area contributed by atoms with Crippen molar-refractivity contribution in [2.24, 2.45) is 0 Å². The molecule has 1 rings (SSSR count). The topological polar surface area (TPSA) is 92.2 Å². The molecule has 0 unspecified atom stereocenters. The zero-order chi connectivity index (χ0) is 14.3. The maximum absolute atomic E-state index is 9.02. The van der Waals surface area contributed by atoms with Gasteiger partial charge in [0.1, 0.15) is 0 Å². The van der Waals surface area contributed by atoms with Crippen molar-refractivity contribution >= 4 is 11.9 Å². The van der Waals surface area contributed by atoms with E-state index in [9.17, 15) is 0 Å². The summed E-state index contributed by atoms with van der Waals surface area (Å²) in [5, 5.41) is 15.3. The Morgan fingerprint density at radius 1 is 1.21 bits per heavy atom. The van der Waals surface area contributed by atoms with Crippen molar-refractivity contribution in [3.63, 3.8) is 0 Å². The molecule has 0 aliphatic carbocycles. The third kappa shape index (κ3) is 5.25. The Morgan fingerprint density at radius 3 is 2.47 bits per heavy atom. The highest BCUT2D eigenvalue weighted by atomic mass is 16.5. The third-order valence-electron chi connectivity index (χ3n) is 2.52. The maximum atomic E-state index is 9.02. The van der Waals surface area contributed by atoms with Crippen molar-refractivity contribution in [1.82, 2.24) is 15.0 Å². The molecule has 0 spiro atoms. The van der Waals surface area contributed by atoms with Gasteiger partial charge in [0.05, 0.1) is 7.11 Å². The molecule has 0 bridgehead atoms. The fourth-order valence-electron chi connectivity index (χ4n) is 1.46. The van der Waals surface area contributed by atoms with E-state index in [1.807, 2.05) is 13.8 Å². The number of hydrogen-bond donors (Lipinski definition) is 3. The first-order valence-corrected chi connectivity index (χ1v) is 6.43. The van der Waals surface area contributed by atoms with Crippen LogP contribution < -0.4 is 15.4 Å². The summed E-state index contributed by atoms with van der Waals surface area (Å²) in [6.45, 7) is 6.89. The summed E-state index contributed by atoms with van der Waals surface area (Å²) in [6, 6.07) is 0.260. The van der Waals surface area contributed by atoms with Gasteiger partial charge in [-0.2, -0.15) is 15.0 Å². The standard InChI is InChI=1S/C12H23N5O2/c1-5-7-13-9-14-10(16-11(15-9)19-4)17-12(2,3)6-8-18/h18H,5-8H2,1-4H3,(H2,13,14,15,16,17). The Morgan fingerprint density at radius 2 is 1.89 bits per heavy atom. The monoisotopic (exact) mass is 269 g/mol. The minimum atomic E-state index is -0.302. The van der Waals surface area contributed by atoms with Gasteiger partial charge in [-0.1, -0.05) is 6.92 Å². The van der Waals surface area contributed by atoms with Crippen LogP contribution in [0.3, 0.4) is 0 Å². The molecule has 1 heterocycles. The van der Waals surface area contributed by atoms with Gasteiger partial charge >= 0.3 is 6.01 Å². The van der Waals surface area contributed by atoms with Gasteiger partial charge in [-0.3, -0.25) is 0 Å². The number of anilines is 2. The number of nitrogens with one attached hydrogen (secondary N) is 2. The van der Waals surface area contributed by atoms with E-state index in [1.165, 1.54) is 7.11 Å².